The third-order valence-corrected chi connectivity index (χ3v) is 4.01. The number of aryl methyl sites for hydroxylation is 1. The lowest BCUT2D eigenvalue weighted by atomic mass is 10.2. The second kappa shape index (κ2) is 5.65. The van der Waals surface area contributed by atoms with Gasteiger partial charge in [0.05, 0.1) is 13.0 Å². The normalized spacial score (nSPS) is 21.7. The molecule has 1 atom stereocenters. The minimum atomic E-state index is -0.424. The van der Waals surface area contributed by atoms with Gasteiger partial charge in [-0.25, -0.2) is 0 Å². The number of carbonyl (C=O) groups excluding carboxylic acids is 1. The summed E-state index contributed by atoms with van der Waals surface area (Å²) in [4.78, 5) is 11.1. The lowest BCUT2D eigenvalue weighted by Gasteiger charge is -2.21. The smallest absolute Gasteiger partial charge is 0.309 e. The van der Waals surface area contributed by atoms with Crippen molar-refractivity contribution in [1.82, 2.24) is 5.43 Å². The highest BCUT2D eigenvalue weighted by atomic mass is 32.2. The van der Waals surface area contributed by atoms with Crippen LogP contribution in [0.1, 0.15) is 31.4 Å². The summed E-state index contributed by atoms with van der Waals surface area (Å²) in [5.41, 5.74) is 5.32. The van der Waals surface area contributed by atoms with Gasteiger partial charge in [-0.1, -0.05) is 41.6 Å². The maximum Gasteiger partial charge on any atom is 0.309 e. The largest absolute Gasteiger partial charge is 0.466 e. The van der Waals surface area contributed by atoms with Gasteiger partial charge >= 0.3 is 5.97 Å². The number of hydrogen-bond donors (Lipinski definition) is 1. The zero-order chi connectivity index (χ0) is 13.9. The predicted molar refractivity (Wildman–Crippen MR) is 78.1 cm³/mol. The molecular formula is C14H18N2O2S. The Labute approximate surface area is 117 Å². The molecule has 0 fully saturated rings. The Bertz CT molecular complexity index is 499. The fourth-order valence-corrected chi connectivity index (χ4v) is 2.86. The van der Waals surface area contributed by atoms with Crippen LogP contribution in [0.5, 0.6) is 0 Å². The molecule has 1 aromatic carbocycles. The average Bonchev–Trinajstić information content (AvgIpc) is 2.72. The topological polar surface area (TPSA) is 50.7 Å². The van der Waals surface area contributed by atoms with Gasteiger partial charge in [0, 0.05) is 5.56 Å². The van der Waals surface area contributed by atoms with E-state index in [-0.39, 0.29) is 5.97 Å². The van der Waals surface area contributed by atoms with Crippen LogP contribution >= 0.6 is 11.8 Å². The molecule has 0 aliphatic carbocycles. The summed E-state index contributed by atoms with van der Waals surface area (Å²) in [5, 5.41) is 5.23. The van der Waals surface area contributed by atoms with Crippen LogP contribution in [0.15, 0.2) is 29.4 Å². The molecule has 19 heavy (non-hydrogen) atoms. The zero-order valence-corrected chi connectivity index (χ0v) is 12.2. The highest BCUT2D eigenvalue weighted by Gasteiger charge is 2.35. The van der Waals surface area contributed by atoms with E-state index in [9.17, 15) is 4.79 Å². The SMILES string of the molecule is CCOC(=O)CC1(C)NN=C(c2ccc(C)cc2)S1. The van der Waals surface area contributed by atoms with Crippen molar-refractivity contribution in [3.63, 3.8) is 0 Å². The van der Waals surface area contributed by atoms with Crippen molar-refractivity contribution < 1.29 is 9.53 Å². The van der Waals surface area contributed by atoms with Crippen molar-refractivity contribution in [3.05, 3.63) is 35.4 Å². The van der Waals surface area contributed by atoms with E-state index in [2.05, 4.69) is 29.6 Å². The minimum absolute atomic E-state index is 0.203. The quantitative estimate of drug-likeness (QED) is 0.860. The first kappa shape index (κ1) is 13.9. The van der Waals surface area contributed by atoms with Crippen LogP contribution in [0.2, 0.25) is 0 Å². The van der Waals surface area contributed by atoms with Gasteiger partial charge in [-0.05, 0) is 20.8 Å². The van der Waals surface area contributed by atoms with Crippen LogP contribution in [-0.4, -0.2) is 22.5 Å². The molecular weight excluding hydrogens is 260 g/mol. The summed E-state index contributed by atoms with van der Waals surface area (Å²) in [6.45, 7) is 6.23. The van der Waals surface area contributed by atoms with Gasteiger partial charge in [-0.15, -0.1) is 0 Å². The number of hydrazone groups is 1. The van der Waals surface area contributed by atoms with Gasteiger partial charge < -0.3 is 4.74 Å². The molecule has 0 amide bonds. The van der Waals surface area contributed by atoms with Crippen molar-refractivity contribution >= 4 is 22.8 Å². The predicted octanol–water partition coefficient (Wildman–Crippen LogP) is 2.66. The Morgan fingerprint density at radius 2 is 2.11 bits per heavy atom. The molecule has 0 saturated heterocycles. The van der Waals surface area contributed by atoms with Gasteiger partial charge in [0.25, 0.3) is 0 Å². The summed E-state index contributed by atoms with van der Waals surface area (Å²) in [5.74, 6) is -0.203. The lowest BCUT2D eigenvalue weighted by Crippen LogP contribution is -2.35. The van der Waals surface area contributed by atoms with Gasteiger partial charge in [-0.2, -0.15) is 5.10 Å². The molecule has 1 N–H and O–H groups in total. The van der Waals surface area contributed by atoms with Crippen LogP contribution in [0.25, 0.3) is 0 Å². The maximum absolute atomic E-state index is 11.6. The van der Waals surface area contributed by atoms with Crippen molar-refractivity contribution in [2.75, 3.05) is 6.61 Å². The fourth-order valence-electron chi connectivity index (χ4n) is 1.81. The monoisotopic (exact) mass is 278 g/mol. The Hall–Kier alpha value is -1.49. The molecule has 1 aliphatic rings. The molecule has 4 nitrogen and oxygen atoms in total. The van der Waals surface area contributed by atoms with Gasteiger partial charge in [0.15, 0.2) is 0 Å². The average molecular weight is 278 g/mol. The number of rotatable bonds is 4. The Balaban J connectivity index is 2.01. The third-order valence-electron chi connectivity index (χ3n) is 2.80. The summed E-state index contributed by atoms with van der Waals surface area (Å²) in [6.07, 6.45) is 0.296. The van der Waals surface area contributed by atoms with Crippen molar-refractivity contribution in [2.24, 2.45) is 5.10 Å². The first-order chi connectivity index (χ1) is 9.02. The van der Waals surface area contributed by atoms with E-state index >= 15 is 0 Å². The second-order valence-corrected chi connectivity index (χ2v) is 6.20. The van der Waals surface area contributed by atoms with Crippen LogP contribution in [0.4, 0.5) is 0 Å². The molecule has 1 aliphatic heterocycles. The Kier molecular flexibility index (Phi) is 4.14. The molecule has 1 unspecified atom stereocenters. The van der Waals surface area contributed by atoms with E-state index in [1.54, 1.807) is 11.8 Å². The summed E-state index contributed by atoms with van der Waals surface area (Å²) in [7, 11) is 0. The van der Waals surface area contributed by atoms with E-state index in [4.69, 9.17) is 4.74 Å². The molecule has 0 aromatic heterocycles. The summed E-state index contributed by atoms with van der Waals surface area (Å²) < 4.78 is 4.98. The molecule has 1 heterocycles. The minimum Gasteiger partial charge on any atom is -0.466 e. The molecule has 1 aromatic rings. The van der Waals surface area contributed by atoms with Gasteiger partial charge in [0.2, 0.25) is 0 Å². The second-order valence-electron chi connectivity index (χ2n) is 4.71. The zero-order valence-electron chi connectivity index (χ0n) is 11.4. The Morgan fingerprint density at radius 3 is 2.74 bits per heavy atom. The highest BCUT2D eigenvalue weighted by Crippen LogP contribution is 2.34. The van der Waals surface area contributed by atoms with E-state index in [1.165, 1.54) is 5.56 Å². The van der Waals surface area contributed by atoms with Crippen LogP contribution in [0, 0.1) is 6.92 Å². The molecule has 0 spiro atoms. The molecule has 102 valence electrons. The third kappa shape index (κ3) is 3.50. The molecule has 0 bridgehead atoms. The first-order valence-corrected chi connectivity index (χ1v) is 7.10. The fraction of sp³-hybridized carbons (Fsp3) is 0.429. The van der Waals surface area contributed by atoms with Crippen molar-refractivity contribution in [2.45, 2.75) is 32.1 Å². The molecule has 0 radical (unpaired) electrons. The number of hydrogen-bond acceptors (Lipinski definition) is 5. The highest BCUT2D eigenvalue weighted by molar-refractivity contribution is 8.15. The standard InChI is InChI=1S/C14H18N2O2S/c1-4-18-12(17)9-14(3)16-15-13(19-14)11-7-5-10(2)6-8-11/h5-8,16H,4,9H2,1-3H3. The first-order valence-electron chi connectivity index (χ1n) is 6.29. The van der Waals surface area contributed by atoms with Gasteiger partial charge in [0.1, 0.15) is 9.91 Å². The van der Waals surface area contributed by atoms with E-state index in [0.717, 1.165) is 10.6 Å². The number of esters is 1. The van der Waals surface area contributed by atoms with E-state index in [0.29, 0.717) is 13.0 Å². The molecule has 5 heteroatoms. The van der Waals surface area contributed by atoms with E-state index in [1.807, 2.05) is 26.0 Å². The van der Waals surface area contributed by atoms with Crippen molar-refractivity contribution in [1.29, 1.82) is 0 Å². The lowest BCUT2D eigenvalue weighted by molar-refractivity contribution is -0.143. The number of carbonyl (C=O) groups is 1. The Morgan fingerprint density at radius 1 is 1.42 bits per heavy atom. The van der Waals surface area contributed by atoms with Crippen LogP contribution in [0.3, 0.4) is 0 Å². The van der Waals surface area contributed by atoms with Crippen LogP contribution < -0.4 is 5.43 Å². The van der Waals surface area contributed by atoms with E-state index < -0.39 is 4.87 Å². The number of nitrogens with one attached hydrogen (secondary N) is 1. The number of thioether (sulfide) groups is 1. The van der Waals surface area contributed by atoms with Crippen molar-refractivity contribution in [3.8, 4) is 0 Å². The summed E-state index contributed by atoms with van der Waals surface area (Å²) >= 11 is 1.56. The number of benzene rings is 1. The van der Waals surface area contributed by atoms with Crippen LogP contribution in [-0.2, 0) is 9.53 Å². The molecule has 2 rings (SSSR count). The maximum atomic E-state index is 11.6. The number of ether oxygens (including phenoxy) is 1. The summed E-state index contributed by atoms with van der Waals surface area (Å²) in [6, 6.07) is 8.19. The molecule has 0 saturated carbocycles. The number of nitrogens with zero attached hydrogens (tertiary/aromatic N) is 1. The van der Waals surface area contributed by atoms with Gasteiger partial charge in [-0.3, -0.25) is 10.2 Å².